The highest BCUT2D eigenvalue weighted by Gasteiger charge is 2.19. The van der Waals surface area contributed by atoms with Crippen LogP contribution < -0.4 is 9.47 Å². The summed E-state index contributed by atoms with van der Waals surface area (Å²) in [6, 6.07) is 22.8. The Kier molecular flexibility index (Phi) is 8.54. The van der Waals surface area contributed by atoms with E-state index in [1.54, 1.807) is 6.07 Å². The fraction of sp³-hybridized carbons (Fsp3) is 0. The maximum absolute atomic E-state index is 14.7. The van der Waals surface area contributed by atoms with Crippen LogP contribution in [-0.4, -0.2) is 53.0 Å². The molecule has 14 heteroatoms. The molecule has 12 nitrogen and oxygen atoms in total. The summed E-state index contributed by atoms with van der Waals surface area (Å²) in [7, 11) is 0. The third kappa shape index (κ3) is 6.98. The lowest BCUT2D eigenvalue weighted by molar-refractivity contribution is 0.0676. The number of hydrogen-bond donors (Lipinski definition) is 4. The molecule has 0 saturated heterocycles. The Bertz CT molecular complexity index is 2330. The molecule has 0 aliphatic heterocycles. The summed E-state index contributed by atoms with van der Waals surface area (Å²) in [4.78, 5) is 22.4. The van der Waals surface area contributed by atoms with Crippen molar-refractivity contribution < 1.29 is 38.1 Å². The van der Waals surface area contributed by atoms with Crippen molar-refractivity contribution in [3.63, 3.8) is 0 Å². The third-order valence-electron chi connectivity index (χ3n) is 6.49. The molecular weight excluding hydrogens is 626 g/mol. The standard InChI is InChI=1S/C34H18F2N6O6/c35-25-13-11-22(18-28(25)48-32-30(34(45)46)38-42-40-32)10-8-20-4-2-6-24(16-20)23-5-1-3-19(15-23)7-9-21-12-14-27(26(36)17-21)47-31-29(33(43)44)37-41-39-31/h1-6,11-18H,(H,43,44)(H,45,46)(H,37,39,41)(H,38,40,42). The maximum Gasteiger partial charge on any atom is 0.362 e. The van der Waals surface area contributed by atoms with Crippen molar-refractivity contribution >= 4 is 11.9 Å². The third-order valence-corrected chi connectivity index (χ3v) is 6.49. The molecule has 0 amide bonds. The zero-order chi connectivity index (χ0) is 33.6. The van der Waals surface area contributed by atoms with Gasteiger partial charge in [-0.25, -0.2) is 28.6 Å². The van der Waals surface area contributed by atoms with Crippen molar-refractivity contribution in [2.45, 2.75) is 0 Å². The van der Waals surface area contributed by atoms with Gasteiger partial charge in [-0.3, -0.25) is 0 Å². The summed E-state index contributed by atoms with van der Waals surface area (Å²) >= 11 is 0. The fourth-order valence-electron chi connectivity index (χ4n) is 4.24. The summed E-state index contributed by atoms with van der Waals surface area (Å²) in [6.45, 7) is 0. The molecule has 48 heavy (non-hydrogen) atoms. The van der Waals surface area contributed by atoms with Crippen molar-refractivity contribution in [3.8, 4) is 58.1 Å². The first kappa shape index (κ1) is 30.7. The number of aromatic amines is 2. The number of rotatable bonds is 7. The molecule has 234 valence electrons. The van der Waals surface area contributed by atoms with Crippen LogP contribution in [0.25, 0.3) is 11.1 Å². The molecule has 0 aliphatic carbocycles. The number of nitrogens with zero attached hydrogens (tertiary/aromatic N) is 4. The highest BCUT2D eigenvalue weighted by molar-refractivity contribution is 5.88. The summed E-state index contributed by atoms with van der Waals surface area (Å²) in [5.74, 6) is 6.55. The number of ether oxygens (including phenoxy) is 2. The normalized spacial score (nSPS) is 10.3. The highest BCUT2D eigenvalue weighted by atomic mass is 19.1. The summed E-state index contributed by atoms with van der Waals surface area (Å²) < 4.78 is 39.7. The quantitative estimate of drug-likeness (QED) is 0.159. The molecule has 2 aromatic heterocycles. The minimum atomic E-state index is -1.38. The topological polar surface area (TPSA) is 176 Å². The Hall–Kier alpha value is -7.32. The second-order valence-corrected chi connectivity index (χ2v) is 9.75. The van der Waals surface area contributed by atoms with Crippen LogP contribution in [0.3, 0.4) is 0 Å². The van der Waals surface area contributed by atoms with Crippen molar-refractivity contribution in [2.75, 3.05) is 0 Å². The molecule has 0 fully saturated rings. The summed E-state index contributed by atoms with van der Waals surface area (Å²) in [5.41, 5.74) is 2.84. The molecule has 0 unspecified atom stereocenters. The number of carboxylic acid groups (broad SMARTS) is 2. The lowest BCUT2D eigenvalue weighted by atomic mass is 10.0. The van der Waals surface area contributed by atoms with Crippen LogP contribution in [0.5, 0.6) is 23.3 Å². The van der Waals surface area contributed by atoms with Gasteiger partial charge in [-0.1, -0.05) is 58.4 Å². The van der Waals surface area contributed by atoms with Gasteiger partial charge in [0.25, 0.3) is 11.8 Å². The predicted molar refractivity (Wildman–Crippen MR) is 163 cm³/mol. The summed E-state index contributed by atoms with van der Waals surface area (Å²) in [6.07, 6.45) is 0. The Morgan fingerprint density at radius 2 is 1.06 bits per heavy atom. The van der Waals surface area contributed by atoms with Crippen LogP contribution in [0.2, 0.25) is 0 Å². The number of benzene rings is 4. The first-order chi connectivity index (χ1) is 23.2. The van der Waals surface area contributed by atoms with Crippen molar-refractivity contribution in [1.29, 1.82) is 0 Å². The van der Waals surface area contributed by atoms with E-state index in [9.17, 15) is 23.5 Å². The van der Waals surface area contributed by atoms with Gasteiger partial charge in [0, 0.05) is 22.3 Å². The molecule has 0 spiro atoms. The average Bonchev–Trinajstić information content (AvgIpc) is 3.76. The van der Waals surface area contributed by atoms with Gasteiger partial charge in [-0.2, -0.15) is 0 Å². The molecule has 0 atom stereocenters. The van der Waals surface area contributed by atoms with Gasteiger partial charge in [0.2, 0.25) is 11.4 Å². The number of hydrogen-bond acceptors (Lipinski definition) is 8. The predicted octanol–water partition coefficient (Wildman–Crippen LogP) is 5.65. The Morgan fingerprint density at radius 3 is 1.58 bits per heavy atom. The van der Waals surface area contributed by atoms with Gasteiger partial charge >= 0.3 is 11.9 Å². The van der Waals surface area contributed by atoms with E-state index in [2.05, 4.69) is 54.5 Å². The van der Waals surface area contributed by atoms with Gasteiger partial charge in [0.05, 0.1) is 0 Å². The van der Waals surface area contributed by atoms with Gasteiger partial charge in [-0.05, 0) is 71.8 Å². The first-order valence-electron chi connectivity index (χ1n) is 13.7. The van der Waals surface area contributed by atoms with Crippen molar-refractivity contribution in [3.05, 3.63) is 130 Å². The molecule has 0 radical (unpaired) electrons. The zero-order valence-electron chi connectivity index (χ0n) is 24.2. The number of aromatic carboxylic acids is 2. The van der Waals surface area contributed by atoms with E-state index in [0.717, 1.165) is 23.3 Å². The van der Waals surface area contributed by atoms with Crippen LogP contribution in [-0.2, 0) is 0 Å². The fourth-order valence-corrected chi connectivity index (χ4v) is 4.24. The Labute approximate surface area is 269 Å². The number of H-pyrrole nitrogens is 2. The molecule has 4 N–H and O–H groups in total. The van der Waals surface area contributed by atoms with Gasteiger partial charge in [0.1, 0.15) is 0 Å². The van der Waals surface area contributed by atoms with E-state index in [-0.39, 0.29) is 23.3 Å². The van der Waals surface area contributed by atoms with Gasteiger partial charge in [0.15, 0.2) is 23.1 Å². The molecule has 4 aromatic carbocycles. The lowest BCUT2D eigenvalue weighted by Crippen LogP contribution is -2.00. The molecule has 2 heterocycles. The lowest BCUT2D eigenvalue weighted by Gasteiger charge is -2.05. The van der Waals surface area contributed by atoms with Crippen LogP contribution in [0.15, 0.2) is 84.9 Å². The summed E-state index contributed by atoms with van der Waals surface area (Å²) in [5, 5.41) is 36.4. The number of nitrogens with one attached hydrogen (secondary N) is 2. The number of aromatic nitrogens is 6. The molecule has 6 aromatic rings. The Balaban J connectivity index is 1.17. The molecular formula is C34H18F2N6O6. The molecule has 0 saturated carbocycles. The zero-order valence-corrected chi connectivity index (χ0v) is 24.2. The largest absolute Gasteiger partial charge is 0.476 e. The minimum Gasteiger partial charge on any atom is -0.476 e. The van der Waals surface area contributed by atoms with E-state index < -0.39 is 35.0 Å². The SMILES string of the molecule is O=C(O)c1nn[nH]c1Oc1ccc(C#Cc2cccc(-c3cccc(C#Cc4ccc(F)c(Oc5[nH]nnc5C(=O)O)c4)c3)c2)cc1F. The van der Waals surface area contributed by atoms with E-state index in [4.69, 9.17) is 14.6 Å². The van der Waals surface area contributed by atoms with Crippen LogP contribution >= 0.6 is 0 Å². The molecule has 6 rings (SSSR count). The molecule has 0 bridgehead atoms. The number of halogens is 2. The van der Waals surface area contributed by atoms with Crippen molar-refractivity contribution in [1.82, 2.24) is 30.8 Å². The van der Waals surface area contributed by atoms with E-state index in [0.29, 0.717) is 22.3 Å². The van der Waals surface area contributed by atoms with E-state index >= 15 is 0 Å². The van der Waals surface area contributed by atoms with Crippen LogP contribution in [0.1, 0.15) is 43.2 Å². The second kappa shape index (κ2) is 13.4. The Morgan fingerprint density at radius 1 is 0.583 bits per heavy atom. The van der Waals surface area contributed by atoms with E-state index in [1.807, 2.05) is 42.5 Å². The second-order valence-electron chi connectivity index (χ2n) is 9.75. The number of carboxylic acids is 2. The maximum atomic E-state index is 14.7. The van der Waals surface area contributed by atoms with Crippen molar-refractivity contribution in [2.24, 2.45) is 0 Å². The highest BCUT2D eigenvalue weighted by Crippen LogP contribution is 2.27. The average molecular weight is 645 g/mol. The smallest absolute Gasteiger partial charge is 0.362 e. The van der Waals surface area contributed by atoms with Crippen LogP contribution in [0, 0.1) is 35.3 Å². The monoisotopic (exact) mass is 644 g/mol. The van der Waals surface area contributed by atoms with Crippen LogP contribution in [0.4, 0.5) is 8.78 Å². The van der Waals surface area contributed by atoms with Gasteiger partial charge < -0.3 is 19.7 Å². The first-order valence-corrected chi connectivity index (χ1v) is 13.7. The van der Waals surface area contributed by atoms with E-state index in [1.165, 1.54) is 24.3 Å². The molecule has 0 aliphatic rings. The van der Waals surface area contributed by atoms with Gasteiger partial charge in [-0.15, -0.1) is 10.2 Å². The number of carbonyl (C=O) groups is 2. The minimum absolute atomic E-state index is 0.228.